The topological polar surface area (TPSA) is 127 Å². The van der Waals surface area contributed by atoms with Crippen molar-refractivity contribution < 1.29 is 28.2 Å². The molecule has 0 aromatic carbocycles. The molecule has 0 radical (unpaired) electrons. The number of halogens is 3. The van der Waals surface area contributed by atoms with E-state index in [2.05, 4.69) is 15.3 Å². The summed E-state index contributed by atoms with van der Waals surface area (Å²) in [5.41, 5.74) is 2.32. The molecule has 0 bridgehead atoms. The van der Waals surface area contributed by atoms with E-state index in [0.29, 0.717) is 30.2 Å². The highest BCUT2D eigenvalue weighted by atomic mass is 35.5. The molecule has 13 heteroatoms. The van der Waals surface area contributed by atoms with E-state index in [1.807, 2.05) is 6.07 Å². The van der Waals surface area contributed by atoms with Crippen LogP contribution in [0.5, 0.6) is 5.88 Å². The predicted molar refractivity (Wildman–Crippen MR) is 161 cm³/mol. The fraction of sp³-hybridized carbons (Fsp3) is 0.406. The van der Waals surface area contributed by atoms with Gasteiger partial charge in [0.05, 0.1) is 24.1 Å². The van der Waals surface area contributed by atoms with Crippen molar-refractivity contribution in [1.82, 2.24) is 25.0 Å². The third-order valence-corrected chi connectivity index (χ3v) is 9.61. The number of allylic oxidation sites excluding steroid dienone is 7. The molecule has 10 nitrogen and oxygen atoms in total. The van der Waals surface area contributed by atoms with Crippen molar-refractivity contribution in [3.63, 3.8) is 0 Å². The number of carboxylic acid groups (broad SMARTS) is 1. The Morgan fingerprint density at radius 1 is 1.24 bits per heavy atom. The first-order valence-electron chi connectivity index (χ1n) is 14.7. The summed E-state index contributed by atoms with van der Waals surface area (Å²) in [6.45, 7) is 2.50. The minimum absolute atomic E-state index is 0.0104. The number of methoxy groups -OCH3 is 1. The van der Waals surface area contributed by atoms with Gasteiger partial charge in [0.1, 0.15) is 17.6 Å². The van der Waals surface area contributed by atoms with Gasteiger partial charge in [-0.2, -0.15) is 5.10 Å². The number of hydrogen-bond donors (Lipinski definition) is 2. The molecular formula is C32H32ClF2N5O5. The van der Waals surface area contributed by atoms with E-state index < -0.39 is 40.7 Å². The van der Waals surface area contributed by atoms with Crippen LogP contribution in [0, 0.1) is 5.92 Å². The lowest BCUT2D eigenvalue weighted by Crippen LogP contribution is -2.51. The number of aryl methyl sites for hydroxylation is 2. The van der Waals surface area contributed by atoms with Crippen LogP contribution in [-0.2, 0) is 18.3 Å². The molecule has 1 amide bonds. The van der Waals surface area contributed by atoms with Crippen molar-refractivity contribution in [2.24, 2.45) is 13.0 Å². The Balaban J connectivity index is 1.29. The van der Waals surface area contributed by atoms with Crippen LogP contribution in [0.3, 0.4) is 0 Å². The molecule has 4 aliphatic rings. The van der Waals surface area contributed by atoms with Crippen LogP contribution in [0.2, 0.25) is 0 Å². The number of rotatable bonds is 7. The minimum Gasteiger partial charge on any atom is -0.481 e. The molecule has 1 fully saturated rings. The second kappa shape index (κ2) is 12.0. The van der Waals surface area contributed by atoms with Gasteiger partial charge in [-0.3, -0.25) is 19.3 Å². The Morgan fingerprint density at radius 3 is 2.71 bits per heavy atom. The van der Waals surface area contributed by atoms with Gasteiger partial charge in [0.15, 0.2) is 0 Å². The first-order chi connectivity index (χ1) is 21.5. The van der Waals surface area contributed by atoms with Gasteiger partial charge in [-0.1, -0.05) is 12.2 Å². The number of nitrogens with zero attached hydrogens (tertiary/aromatic N) is 4. The van der Waals surface area contributed by atoms with E-state index >= 15 is 8.78 Å². The number of likely N-dealkylation sites (tertiary alicyclic amines) is 1. The maximum Gasteiger partial charge on any atom is 0.309 e. The Kier molecular flexibility index (Phi) is 8.21. The number of aromatic nitrogens is 3. The average Bonchev–Trinajstić information content (AvgIpc) is 3.39. The van der Waals surface area contributed by atoms with Gasteiger partial charge >= 0.3 is 5.97 Å². The van der Waals surface area contributed by atoms with Crippen LogP contribution in [0.15, 0.2) is 69.6 Å². The Hall–Kier alpha value is -4.16. The third-order valence-electron chi connectivity index (χ3n) is 9.12. The Bertz CT molecular complexity index is 1780. The van der Waals surface area contributed by atoms with Gasteiger partial charge in [-0.25, -0.2) is 18.4 Å². The number of aliphatic carboxylic acids is 1. The van der Waals surface area contributed by atoms with Gasteiger partial charge in [0.25, 0.3) is 11.5 Å². The zero-order valence-electron chi connectivity index (χ0n) is 24.9. The predicted octanol–water partition coefficient (Wildman–Crippen LogP) is 4.04. The van der Waals surface area contributed by atoms with Crippen LogP contribution >= 0.6 is 11.6 Å². The van der Waals surface area contributed by atoms with Crippen LogP contribution in [0.1, 0.15) is 58.9 Å². The number of carbonyl (C=O) groups is 2. The molecule has 3 heterocycles. The summed E-state index contributed by atoms with van der Waals surface area (Å²) in [6, 6.07) is 3.21. The highest BCUT2D eigenvalue weighted by molar-refractivity contribution is 6.23. The standard InChI is InChI=1S/C32H32ClF2N5O5/c1-15-22(37-29(41)19-10-11-36-39(2)31(19)42)8-7-20(34)25(15)27-21(35)6-5-18(28(27)33)23-12-16-4-9-24(26(16)30(38-23)45-3)40-13-17(14-40)32(43)44/h5-6,8,10-12,17-18,20,24,28H,4,7,9,13-14H2,1-3H3,(H,37,41)(H,43,44)/t18?,20?,24-,28?/m0/s1. The maximum absolute atomic E-state index is 15.6. The summed E-state index contributed by atoms with van der Waals surface area (Å²) in [4.78, 5) is 43.6. The summed E-state index contributed by atoms with van der Waals surface area (Å²) in [6.07, 6.45) is 5.51. The Labute approximate surface area is 262 Å². The lowest BCUT2D eigenvalue weighted by molar-refractivity contribution is -0.148. The highest BCUT2D eigenvalue weighted by Crippen LogP contribution is 2.47. The molecule has 3 aliphatic carbocycles. The van der Waals surface area contributed by atoms with Crippen molar-refractivity contribution in [3.8, 4) is 5.88 Å². The quantitative estimate of drug-likeness (QED) is 0.435. The van der Waals surface area contributed by atoms with Crippen molar-refractivity contribution in [1.29, 1.82) is 0 Å². The molecular weight excluding hydrogens is 608 g/mol. The van der Waals surface area contributed by atoms with E-state index in [0.717, 1.165) is 28.7 Å². The van der Waals surface area contributed by atoms with Crippen LogP contribution in [0.25, 0.3) is 0 Å². The number of ether oxygens (including phenoxy) is 1. The summed E-state index contributed by atoms with van der Waals surface area (Å²) in [5.74, 6) is -2.77. The number of carbonyl (C=O) groups excluding carboxylic acids is 1. The summed E-state index contributed by atoms with van der Waals surface area (Å²) in [7, 11) is 2.94. The number of amides is 1. The molecule has 3 unspecified atom stereocenters. The molecule has 236 valence electrons. The number of nitrogens with one attached hydrogen (secondary N) is 1. The fourth-order valence-electron chi connectivity index (χ4n) is 6.69. The second-order valence-electron chi connectivity index (χ2n) is 11.7. The normalized spacial score (nSPS) is 25.2. The number of pyridine rings is 1. The molecule has 1 saturated heterocycles. The molecule has 45 heavy (non-hydrogen) atoms. The summed E-state index contributed by atoms with van der Waals surface area (Å²) >= 11 is 6.98. The Morgan fingerprint density at radius 2 is 2.00 bits per heavy atom. The maximum atomic E-state index is 15.6. The summed E-state index contributed by atoms with van der Waals surface area (Å²) in [5, 5.41) is 14.8. The molecule has 6 rings (SSSR count). The molecule has 0 spiro atoms. The highest BCUT2D eigenvalue weighted by Gasteiger charge is 2.42. The van der Waals surface area contributed by atoms with Crippen molar-refractivity contribution in [2.45, 2.75) is 49.7 Å². The van der Waals surface area contributed by atoms with E-state index in [9.17, 15) is 19.5 Å². The van der Waals surface area contributed by atoms with Crippen LogP contribution < -0.4 is 15.6 Å². The van der Waals surface area contributed by atoms with Crippen LogP contribution in [0.4, 0.5) is 8.78 Å². The molecule has 2 aromatic heterocycles. The molecule has 1 aliphatic heterocycles. The van der Waals surface area contributed by atoms with E-state index in [1.54, 1.807) is 13.0 Å². The molecule has 4 atom stereocenters. The van der Waals surface area contributed by atoms with Crippen molar-refractivity contribution in [2.75, 3.05) is 20.2 Å². The minimum atomic E-state index is -1.58. The number of fused-ring (bicyclic) bond motifs is 1. The van der Waals surface area contributed by atoms with Gasteiger partial charge in [0, 0.05) is 61.5 Å². The van der Waals surface area contributed by atoms with E-state index in [1.165, 1.54) is 38.6 Å². The molecule has 0 saturated carbocycles. The lowest BCUT2D eigenvalue weighted by atomic mass is 9.80. The van der Waals surface area contributed by atoms with Gasteiger partial charge in [-0.15, -0.1) is 11.6 Å². The van der Waals surface area contributed by atoms with Gasteiger partial charge in [0.2, 0.25) is 5.88 Å². The number of hydrogen-bond acceptors (Lipinski definition) is 7. The molecule has 2 aromatic rings. The monoisotopic (exact) mass is 639 g/mol. The SMILES string of the molecule is COc1nc(C2C=CC(F)=C(C3=C(C)C(NC(=O)c4ccnn(C)c4=O)=CCC3F)C2Cl)cc2c1[C@@H](N1CC(C(=O)O)C1)CC2. The van der Waals surface area contributed by atoms with Crippen LogP contribution in [-0.4, -0.2) is 68.4 Å². The fourth-order valence-corrected chi connectivity index (χ4v) is 7.12. The summed E-state index contributed by atoms with van der Waals surface area (Å²) < 4.78 is 37.9. The number of carboxylic acids is 1. The van der Waals surface area contributed by atoms with Crippen molar-refractivity contribution in [3.05, 3.63) is 97.5 Å². The first kappa shape index (κ1) is 30.8. The van der Waals surface area contributed by atoms with Gasteiger partial charge < -0.3 is 15.2 Å². The zero-order valence-corrected chi connectivity index (χ0v) is 25.6. The first-order valence-corrected chi connectivity index (χ1v) is 15.1. The second-order valence-corrected chi connectivity index (χ2v) is 12.2. The smallest absolute Gasteiger partial charge is 0.309 e. The van der Waals surface area contributed by atoms with E-state index in [-0.39, 0.29) is 40.8 Å². The number of alkyl halides is 2. The lowest BCUT2D eigenvalue weighted by Gasteiger charge is -2.41. The molecule has 2 N–H and O–H groups in total. The average molecular weight is 640 g/mol. The van der Waals surface area contributed by atoms with E-state index in [4.69, 9.17) is 21.3 Å². The van der Waals surface area contributed by atoms with Crippen molar-refractivity contribution >= 4 is 23.5 Å². The largest absolute Gasteiger partial charge is 0.481 e. The zero-order chi connectivity index (χ0) is 32.2. The third kappa shape index (κ3) is 5.39. The van der Waals surface area contributed by atoms with Gasteiger partial charge in [-0.05, 0) is 54.7 Å².